The summed E-state index contributed by atoms with van der Waals surface area (Å²) in [6.07, 6.45) is 3.95. The Morgan fingerprint density at radius 1 is 1.00 bits per heavy atom. The Bertz CT molecular complexity index is 1480. The number of thiocarbonyl (C=S) groups is 1. The first-order valence-electron chi connectivity index (χ1n) is 12.8. The fourth-order valence-corrected chi connectivity index (χ4v) is 5.55. The topological polar surface area (TPSA) is 75.1 Å². The van der Waals surface area contributed by atoms with Crippen LogP contribution in [0, 0.1) is 27.7 Å². The number of hydrogen-bond acceptors (Lipinski definition) is 4. The van der Waals surface area contributed by atoms with Gasteiger partial charge in [-0.25, -0.2) is 4.98 Å². The lowest BCUT2D eigenvalue weighted by Gasteiger charge is -2.28. The van der Waals surface area contributed by atoms with Crippen molar-refractivity contribution in [2.75, 3.05) is 11.9 Å². The molecule has 4 aromatic rings. The van der Waals surface area contributed by atoms with Crippen LogP contribution in [-0.2, 0) is 4.79 Å². The molecule has 2 unspecified atom stereocenters. The van der Waals surface area contributed by atoms with Gasteiger partial charge in [-0.3, -0.25) is 9.78 Å². The zero-order chi connectivity index (χ0) is 26.8. The van der Waals surface area contributed by atoms with Crippen molar-refractivity contribution in [1.82, 2.24) is 24.8 Å². The molecule has 1 aliphatic rings. The van der Waals surface area contributed by atoms with Crippen LogP contribution in [0.2, 0.25) is 0 Å². The maximum absolute atomic E-state index is 12.9. The quantitative estimate of drug-likeness (QED) is 0.311. The minimum atomic E-state index is -0.150. The van der Waals surface area contributed by atoms with E-state index in [-0.39, 0.29) is 18.0 Å². The summed E-state index contributed by atoms with van der Waals surface area (Å²) >= 11 is 5.83. The highest BCUT2D eigenvalue weighted by Crippen LogP contribution is 2.41. The number of para-hydroxylation sites is 1. The molecule has 1 saturated heterocycles. The molecule has 4 heterocycles. The zero-order valence-corrected chi connectivity index (χ0v) is 22.9. The summed E-state index contributed by atoms with van der Waals surface area (Å²) < 4.78 is 2.18. The molecule has 0 bridgehead atoms. The van der Waals surface area contributed by atoms with Gasteiger partial charge in [0.25, 0.3) is 0 Å². The molecular weight excluding hydrogens is 492 g/mol. The standard InChI is InChI=1S/C30H32N6OS/c1-19-12-15-32-26(17-19)36-21(3)18-23(22(36)4)29-28(25-11-7-8-14-31-25)34-30(38)35(29)16-13-27(37)33-24-10-6-5-9-20(24)2/h5-12,14-15,17-18,28-29H,13,16H2,1-4H3,(H,33,37)(H,34,38). The van der Waals surface area contributed by atoms with Gasteiger partial charge in [0, 0.05) is 42.4 Å². The molecule has 38 heavy (non-hydrogen) atoms. The molecule has 1 aromatic carbocycles. The second-order valence-electron chi connectivity index (χ2n) is 9.79. The number of nitrogens with zero attached hydrogens (tertiary/aromatic N) is 4. The molecule has 194 valence electrons. The highest BCUT2D eigenvalue weighted by molar-refractivity contribution is 7.80. The lowest BCUT2D eigenvalue weighted by atomic mass is 9.96. The molecule has 5 rings (SSSR count). The van der Waals surface area contributed by atoms with E-state index in [9.17, 15) is 4.79 Å². The van der Waals surface area contributed by atoms with Crippen LogP contribution in [0.5, 0.6) is 0 Å². The third-order valence-electron chi connectivity index (χ3n) is 7.12. The molecule has 8 heteroatoms. The number of carbonyl (C=O) groups excluding carboxylic acids is 1. The first kappa shape index (κ1) is 25.6. The summed E-state index contributed by atoms with van der Waals surface area (Å²) in [4.78, 5) is 24.3. The van der Waals surface area contributed by atoms with Crippen molar-refractivity contribution in [1.29, 1.82) is 0 Å². The number of anilines is 1. The highest BCUT2D eigenvalue weighted by Gasteiger charge is 2.41. The van der Waals surface area contributed by atoms with E-state index in [0.29, 0.717) is 18.1 Å². The fourth-order valence-electron chi connectivity index (χ4n) is 5.21. The molecule has 0 saturated carbocycles. The first-order chi connectivity index (χ1) is 18.3. The minimum absolute atomic E-state index is 0.0448. The van der Waals surface area contributed by atoms with E-state index in [2.05, 4.69) is 63.0 Å². The summed E-state index contributed by atoms with van der Waals surface area (Å²) in [5.41, 5.74) is 7.23. The predicted molar refractivity (Wildman–Crippen MR) is 154 cm³/mol. The number of aromatic nitrogens is 3. The van der Waals surface area contributed by atoms with E-state index in [1.807, 2.05) is 61.7 Å². The van der Waals surface area contributed by atoms with Crippen LogP contribution in [0.3, 0.4) is 0 Å². The van der Waals surface area contributed by atoms with Crippen LogP contribution in [0.1, 0.15) is 52.3 Å². The summed E-state index contributed by atoms with van der Waals surface area (Å²) in [7, 11) is 0. The van der Waals surface area contributed by atoms with Crippen LogP contribution >= 0.6 is 12.2 Å². The van der Waals surface area contributed by atoms with E-state index in [0.717, 1.165) is 45.3 Å². The van der Waals surface area contributed by atoms with E-state index in [4.69, 9.17) is 12.2 Å². The van der Waals surface area contributed by atoms with E-state index in [1.165, 1.54) is 0 Å². The summed E-state index contributed by atoms with van der Waals surface area (Å²) in [5, 5.41) is 7.16. The SMILES string of the molecule is Cc1ccnc(-n2c(C)cc(C3C(c4ccccn4)NC(=S)N3CCC(=O)Nc3ccccc3C)c2C)c1. The molecule has 1 fully saturated rings. The Labute approximate surface area is 228 Å². The number of rotatable bonds is 7. The smallest absolute Gasteiger partial charge is 0.226 e. The maximum Gasteiger partial charge on any atom is 0.226 e. The van der Waals surface area contributed by atoms with Crippen molar-refractivity contribution in [3.8, 4) is 5.82 Å². The Morgan fingerprint density at radius 2 is 1.79 bits per heavy atom. The van der Waals surface area contributed by atoms with Crippen molar-refractivity contribution in [3.05, 3.63) is 107 Å². The third kappa shape index (κ3) is 5.04. The maximum atomic E-state index is 12.9. The molecule has 0 spiro atoms. The molecule has 3 aromatic heterocycles. The van der Waals surface area contributed by atoms with Gasteiger partial charge in [-0.1, -0.05) is 24.3 Å². The molecule has 2 N–H and O–H groups in total. The Hall–Kier alpha value is -4.04. The zero-order valence-electron chi connectivity index (χ0n) is 22.1. The molecule has 1 amide bonds. The van der Waals surface area contributed by atoms with Gasteiger partial charge in [-0.05, 0) is 93.0 Å². The van der Waals surface area contributed by atoms with Crippen molar-refractivity contribution in [3.63, 3.8) is 0 Å². The van der Waals surface area contributed by atoms with Crippen LogP contribution in [0.4, 0.5) is 5.69 Å². The number of amides is 1. The lowest BCUT2D eigenvalue weighted by Crippen LogP contribution is -2.33. The second kappa shape index (κ2) is 10.8. The molecule has 0 radical (unpaired) electrons. The van der Waals surface area contributed by atoms with Crippen molar-refractivity contribution in [2.24, 2.45) is 0 Å². The average molecular weight is 525 g/mol. The van der Waals surface area contributed by atoms with E-state index >= 15 is 0 Å². The van der Waals surface area contributed by atoms with Gasteiger partial charge in [0.1, 0.15) is 5.82 Å². The molecule has 7 nitrogen and oxygen atoms in total. The Morgan fingerprint density at radius 3 is 2.53 bits per heavy atom. The number of pyridine rings is 2. The van der Waals surface area contributed by atoms with Gasteiger partial charge >= 0.3 is 0 Å². The van der Waals surface area contributed by atoms with Gasteiger partial charge in [0.15, 0.2) is 5.11 Å². The lowest BCUT2D eigenvalue weighted by molar-refractivity contribution is -0.116. The van der Waals surface area contributed by atoms with Crippen LogP contribution < -0.4 is 10.6 Å². The summed E-state index contributed by atoms with van der Waals surface area (Å²) in [5.74, 6) is 0.842. The number of hydrogen-bond donors (Lipinski definition) is 2. The minimum Gasteiger partial charge on any atom is -0.352 e. The van der Waals surface area contributed by atoms with Gasteiger partial charge in [-0.15, -0.1) is 0 Å². The number of nitrogens with one attached hydrogen (secondary N) is 2. The summed E-state index contributed by atoms with van der Waals surface area (Å²) in [6, 6.07) is 19.7. The van der Waals surface area contributed by atoms with Crippen LogP contribution in [0.25, 0.3) is 5.82 Å². The second-order valence-corrected chi connectivity index (χ2v) is 10.2. The largest absolute Gasteiger partial charge is 0.352 e. The molecule has 1 aliphatic heterocycles. The fraction of sp³-hybridized carbons (Fsp3) is 0.267. The molecular formula is C30H32N6OS. The monoisotopic (exact) mass is 524 g/mol. The van der Waals surface area contributed by atoms with Gasteiger partial charge in [0.05, 0.1) is 17.8 Å². The van der Waals surface area contributed by atoms with Crippen molar-refractivity contribution >= 4 is 28.9 Å². The highest BCUT2D eigenvalue weighted by atomic mass is 32.1. The van der Waals surface area contributed by atoms with Crippen LogP contribution in [-0.4, -0.2) is 37.0 Å². The molecule has 2 atom stereocenters. The van der Waals surface area contributed by atoms with Crippen LogP contribution in [0.15, 0.2) is 73.1 Å². The van der Waals surface area contributed by atoms with Crippen molar-refractivity contribution in [2.45, 2.75) is 46.2 Å². The van der Waals surface area contributed by atoms with Gasteiger partial charge < -0.3 is 20.1 Å². The van der Waals surface area contributed by atoms with Gasteiger partial charge in [-0.2, -0.15) is 0 Å². The summed E-state index contributed by atoms with van der Waals surface area (Å²) in [6.45, 7) is 8.75. The van der Waals surface area contributed by atoms with Gasteiger partial charge in [0.2, 0.25) is 5.91 Å². The normalized spacial score (nSPS) is 16.9. The van der Waals surface area contributed by atoms with E-state index < -0.39 is 0 Å². The number of carbonyl (C=O) groups is 1. The number of aryl methyl sites for hydroxylation is 3. The average Bonchev–Trinajstić information content (AvgIpc) is 3.39. The Kier molecular flexibility index (Phi) is 7.24. The van der Waals surface area contributed by atoms with E-state index in [1.54, 1.807) is 6.20 Å². The van der Waals surface area contributed by atoms with Crippen molar-refractivity contribution < 1.29 is 4.79 Å². The number of benzene rings is 1. The third-order valence-corrected chi connectivity index (χ3v) is 7.47. The molecule has 0 aliphatic carbocycles. The first-order valence-corrected chi connectivity index (χ1v) is 13.2. The predicted octanol–water partition coefficient (Wildman–Crippen LogP) is 5.50. The Balaban J connectivity index is 1.48.